The van der Waals surface area contributed by atoms with Gasteiger partial charge in [-0.05, 0) is 32.6 Å². The van der Waals surface area contributed by atoms with Crippen LogP contribution in [0.15, 0.2) is 0 Å². The molecule has 2 unspecified atom stereocenters. The standard InChI is InChI=1S/C14H30O2/c1-4-6-7-8-10-13(3)16-12-9-11-14(15)5-2/h13-15H,4-12H2,1-3H3. The topological polar surface area (TPSA) is 29.5 Å². The summed E-state index contributed by atoms with van der Waals surface area (Å²) in [4.78, 5) is 0. The quantitative estimate of drug-likeness (QED) is 0.545. The minimum Gasteiger partial charge on any atom is -0.393 e. The molecule has 0 rings (SSSR count). The second kappa shape index (κ2) is 11.4. The summed E-state index contributed by atoms with van der Waals surface area (Å²) in [5.74, 6) is 0. The maximum absolute atomic E-state index is 9.37. The van der Waals surface area contributed by atoms with E-state index in [-0.39, 0.29) is 6.10 Å². The van der Waals surface area contributed by atoms with Crippen molar-refractivity contribution < 1.29 is 9.84 Å². The highest BCUT2D eigenvalue weighted by molar-refractivity contribution is 4.54. The lowest BCUT2D eigenvalue weighted by Gasteiger charge is -2.13. The van der Waals surface area contributed by atoms with E-state index < -0.39 is 0 Å². The molecular weight excluding hydrogens is 200 g/mol. The zero-order chi connectivity index (χ0) is 12.2. The van der Waals surface area contributed by atoms with Gasteiger partial charge < -0.3 is 9.84 Å². The van der Waals surface area contributed by atoms with Crippen LogP contribution in [0.25, 0.3) is 0 Å². The first-order chi connectivity index (χ1) is 7.70. The van der Waals surface area contributed by atoms with Crippen molar-refractivity contribution in [3.8, 4) is 0 Å². The summed E-state index contributed by atoms with van der Waals surface area (Å²) in [6.45, 7) is 7.20. The van der Waals surface area contributed by atoms with Crippen molar-refractivity contribution >= 4 is 0 Å². The zero-order valence-corrected chi connectivity index (χ0v) is 11.4. The van der Waals surface area contributed by atoms with Crippen LogP contribution in [-0.2, 0) is 4.74 Å². The predicted octanol–water partition coefficient (Wildman–Crippen LogP) is 3.91. The number of rotatable bonds is 11. The lowest BCUT2D eigenvalue weighted by Crippen LogP contribution is -2.11. The van der Waals surface area contributed by atoms with E-state index in [0.29, 0.717) is 6.10 Å². The van der Waals surface area contributed by atoms with Gasteiger partial charge in [0.2, 0.25) is 0 Å². The molecule has 0 radical (unpaired) electrons. The number of unbranched alkanes of at least 4 members (excludes halogenated alkanes) is 3. The summed E-state index contributed by atoms with van der Waals surface area (Å²) in [6.07, 6.45) is 9.39. The molecule has 0 amide bonds. The summed E-state index contributed by atoms with van der Waals surface area (Å²) in [6, 6.07) is 0. The van der Waals surface area contributed by atoms with E-state index in [1.807, 2.05) is 6.92 Å². The predicted molar refractivity (Wildman–Crippen MR) is 69.7 cm³/mol. The molecule has 98 valence electrons. The molecule has 0 bridgehead atoms. The van der Waals surface area contributed by atoms with Crippen LogP contribution in [0.2, 0.25) is 0 Å². The second-order valence-corrected chi connectivity index (χ2v) is 4.74. The Morgan fingerprint density at radius 2 is 1.75 bits per heavy atom. The van der Waals surface area contributed by atoms with E-state index >= 15 is 0 Å². The molecule has 0 aromatic carbocycles. The maximum Gasteiger partial charge on any atom is 0.0547 e. The van der Waals surface area contributed by atoms with Gasteiger partial charge in [0.05, 0.1) is 12.2 Å². The molecule has 0 aliphatic rings. The van der Waals surface area contributed by atoms with Gasteiger partial charge in [0.1, 0.15) is 0 Å². The Hall–Kier alpha value is -0.0800. The van der Waals surface area contributed by atoms with E-state index in [4.69, 9.17) is 4.74 Å². The molecule has 0 aliphatic carbocycles. The fourth-order valence-corrected chi connectivity index (χ4v) is 1.75. The molecule has 2 atom stereocenters. The Bertz CT molecular complexity index is 137. The van der Waals surface area contributed by atoms with Crippen molar-refractivity contribution in [2.24, 2.45) is 0 Å². The molecule has 0 spiro atoms. The summed E-state index contributed by atoms with van der Waals surface area (Å²) in [7, 11) is 0. The van der Waals surface area contributed by atoms with Crippen molar-refractivity contribution in [2.75, 3.05) is 6.61 Å². The lowest BCUT2D eigenvalue weighted by atomic mass is 10.1. The molecule has 0 heterocycles. The largest absolute Gasteiger partial charge is 0.393 e. The minimum absolute atomic E-state index is 0.136. The molecule has 16 heavy (non-hydrogen) atoms. The Labute approximate surface area is 101 Å². The Morgan fingerprint density at radius 1 is 1.00 bits per heavy atom. The van der Waals surface area contributed by atoms with Gasteiger partial charge in [-0.15, -0.1) is 0 Å². The van der Waals surface area contributed by atoms with E-state index in [0.717, 1.165) is 25.9 Å². The summed E-state index contributed by atoms with van der Waals surface area (Å²) in [5.41, 5.74) is 0. The summed E-state index contributed by atoms with van der Waals surface area (Å²) < 4.78 is 5.71. The Kier molecular flexibility index (Phi) is 11.3. The molecule has 0 aromatic rings. The maximum atomic E-state index is 9.37. The molecule has 0 fully saturated rings. The van der Waals surface area contributed by atoms with Gasteiger partial charge in [0.25, 0.3) is 0 Å². The molecule has 0 saturated carbocycles. The highest BCUT2D eigenvalue weighted by Gasteiger charge is 2.03. The van der Waals surface area contributed by atoms with Crippen LogP contribution in [0.3, 0.4) is 0 Å². The van der Waals surface area contributed by atoms with Crippen LogP contribution in [0.4, 0.5) is 0 Å². The van der Waals surface area contributed by atoms with Crippen LogP contribution in [0.1, 0.15) is 72.1 Å². The fraction of sp³-hybridized carbons (Fsp3) is 1.00. The fourth-order valence-electron chi connectivity index (χ4n) is 1.75. The second-order valence-electron chi connectivity index (χ2n) is 4.74. The molecule has 1 N–H and O–H groups in total. The highest BCUT2D eigenvalue weighted by Crippen LogP contribution is 2.09. The normalized spacial score (nSPS) is 15.0. The van der Waals surface area contributed by atoms with Crippen LogP contribution < -0.4 is 0 Å². The van der Waals surface area contributed by atoms with Gasteiger partial charge >= 0.3 is 0 Å². The molecular formula is C14H30O2. The molecule has 0 aromatic heterocycles. The summed E-state index contributed by atoms with van der Waals surface area (Å²) >= 11 is 0. The number of ether oxygens (including phenoxy) is 1. The third-order valence-electron chi connectivity index (χ3n) is 3.02. The Morgan fingerprint density at radius 3 is 2.38 bits per heavy atom. The van der Waals surface area contributed by atoms with Crippen molar-refractivity contribution in [1.29, 1.82) is 0 Å². The Balaban J connectivity index is 3.20. The molecule has 0 saturated heterocycles. The first kappa shape index (κ1) is 15.9. The third kappa shape index (κ3) is 10.4. The molecule has 2 heteroatoms. The smallest absolute Gasteiger partial charge is 0.0547 e. The summed E-state index contributed by atoms with van der Waals surface area (Å²) in [5, 5.41) is 9.37. The van der Waals surface area contributed by atoms with Crippen LogP contribution in [-0.4, -0.2) is 23.9 Å². The first-order valence-corrected chi connectivity index (χ1v) is 7.00. The number of aliphatic hydroxyl groups is 1. The molecule has 0 aliphatic heterocycles. The van der Waals surface area contributed by atoms with Crippen LogP contribution in [0, 0.1) is 0 Å². The number of aliphatic hydroxyl groups excluding tert-OH is 1. The van der Waals surface area contributed by atoms with E-state index in [1.165, 1.54) is 32.1 Å². The van der Waals surface area contributed by atoms with Gasteiger partial charge in [-0.1, -0.05) is 39.5 Å². The first-order valence-electron chi connectivity index (χ1n) is 7.00. The number of hydrogen-bond donors (Lipinski definition) is 1. The zero-order valence-electron chi connectivity index (χ0n) is 11.4. The number of hydrogen-bond acceptors (Lipinski definition) is 2. The van der Waals surface area contributed by atoms with Gasteiger partial charge in [-0.3, -0.25) is 0 Å². The highest BCUT2D eigenvalue weighted by atomic mass is 16.5. The van der Waals surface area contributed by atoms with Gasteiger partial charge in [0, 0.05) is 6.61 Å². The van der Waals surface area contributed by atoms with Gasteiger partial charge in [-0.2, -0.15) is 0 Å². The lowest BCUT2D eigenvalue weighted by molar-refractivity contribution is 0.0476. The SMILES string of the molecule is CCCCCCC(C)OCCCC(O)CC. The van der Waals surface area contributed by atoms with Gasteiger partial charge in [0.15, 0.2) is 0 Å². The van der Waals surface area contributed by atoms with Crippen LogP contribution in [0.5, 0.6) is 0 Å². The van der Waals surface area contributed by atoms with Crippen molar-refractivity contribution in [2.45, 2.75) is 84.3 Å². The van der Waals surface area contributed by atoms with E-state index in [1.54, 1.807) is 0 Å². The third-order valence-corrected chi connectivity index (χ3v) is 3.02. The van der Waals surface area contributed by atoms with E-state index in [2.05, 4.69) is 13.8 Å². The minimum atomic E-state index is -0.136. The average molecular weight is 230 g/mol. The molecule has 2 nitrogen and oxygen atoms in total. The van der Waals surface area contributed by atoms with Gasteiger partial charge in [-0.25, -0.2) is 0 Å². The van der Waals surface area contributed by atoms with Crippen LogP contribution >= 0.6 is 0 Å². The monoisotopic (exact) mass is 230 g/mol. The van der Waals surface area contributed by atoms with Crippen molar-refractivity contribution in [1.82, 2.24) is 0 Å². The van der Waals surface area contributed by atoms with E-state index in [9.17, 15) is 5.11 Å². The van der Waals surface area contributed by atoms with Crippen molar-refractivity contribution in [3.05, 3.63) is 0 Å². The average Bonchev–Trinajstić information content (AvgIpc) is 2.30. The van der Waals surface area contributed by atoms with Crippen molar-refractivity contribution in [3.63, 3.8) is 0 Å².